The maximum Gasteiger partial charge on any atom is 0.508 e. The number of carbonyl (C=O) groups is 1. The van der Waals surface area contributed by atoms with Crippen molar-refractivity contribution in [1.29, 1.82) is 0 Å². The van der Waals surface area contributed by atoms with Crippen LogP contribution in [0.25, 0.3) is 0 Å². The molecule has 0 aromatic carbocycles. The van der Waals surface area contributed by atoms with Gasteiger partial charge in [0.05, 0.1) is 0 Å². The van der Waals surface area contributed by atoms with Crippen molar-refractivity contribution in [1.82, 2.24) is 0 Å². The van der Waals surface area contributed by atoms with E-state index < -0.39 is 6.16 Å². The van der Waals surface area contributed by atoms with Crippen molar-refractivity contribution in [3.63, 3.8) is 0 Å². The molecular weight excluding hydrogens is 300 g/mol. The van der Waals surface area contributed by atoms with Gasteiger partial charge in [-0.25, -0.2) is 4.79 Å². The molecule has 0 aliphatic carbocycles. The van der Waals surface area contributed by atoms with Crippen molar-refractivity contribution >= 4 is 6.16 Å². The first-order valence-electron chi connectivity index (χ1n) is 8.17. The molecule has 24 heavy (non-hydrogen) atoms. The third kappa shape index (κ3) is 8.99. The predicted molar refractivity (Wildman–Crippen MR) is 102 cm³/mol. The molecule has 0 radical (unpaired) electrons. The standard InChI is InChI=1S/C21H30O3/c1-7-11-13-15-19(9-3)17(5)23-21(22)24-18(6)20(10-4)16-14-12-8-2/h7-14,17-20H,1-4,15-16H2,5-6H3/b13-11+,14-12+. The molecule has 0 N–H and O–H groups in total. The van der Waals surface area contributed by atoms with Crippen LogP contribution in [0.15, 0.2) is 74.9 Å². The Morgan fingerprint density at radius 2 is 1.21 bits per heavy atom. The van der Waals surface area contributed by atoms with E-state index in [2.05, 4.69) is 26.3 Å². The quantitative estimate of drug-likeness (QED) is 0.258. The molecule has 3 nitrogen and oxygen atoms in total. The van der Waals surface area contributed by atoms with Crippen LogP contribution < -0.4 is 0 Å². The fraction of sp³-hybridized carbons (Fsp3) is 0.381. The minimum atomic E-state index is -0.672. The molecule has 4 unspecified atom stereocenters. The summed E-state index contributed by atoms with van der Waals surface area (Å²) in [5.74, 6) is 0.0459. The van der Waals surface area contributed by atoms with E-state index in [1.54, 1.807) is 24.3 Å². The molecular formula is C21H30O3. The van der Waals surface area contributed by atoms with E-state index in [0.717, 1.165) is 12.8 Å². The highest BCUT2D eigenvalue weighted by molar-refractivity contribution is 5.60. The van der Waals surface area contributed by atoms with E-state index in [4.69, 9.17) is 9.47 Å². The Bertz CT molecular complexity index is 431. The van der Waals surface area contributed by atoms with Gasteiger partial charge in [-0.3, -0.25) is 0 Å². The summed E-state index contributed by atoms with van der Waals surface area (Å²) in [6, 6.07) is 0. The minimum absolute atomic E-state index is 0.0229. The second-order valence-electron chi connectivity index (χ2n) is 5.49. The molecule has 0 aliphatic rings. The first-order valence-corrected chi connectivity index (χ1v) is 8.17. The van der Waals surface area contributed by atoms with Crippen molar-refractivity contribution in [3.8, 4) is 0 Å². The van der Waals surface area contributed by atoms with Gasteiger partial charge in [0.15, 0.2) is 0 Å². The summed E-state index contributed by atoms with van der Waals surface area (Å²) in [7, 11) is 0. The number of allylic oxidation sites excluding steroid dienone is 6. The van der Waals surface area contributed by atoms with Gasteiger partial charge in [-0.1, -0.05) is 61.8 Å². The van der Waals surface area contributed by atoms with Gasteiger partial charge < -0.3 is 9.47 Å². The summed E-state index contributed by atoms with van der Waals surface area (Å²) in [6.07, 6.45) is 14.7. The molecule has 0 aromatic heterocycles. The Labute approximate surface area is 146 Å². The summed E-state index contributed by atoms with van der Waals surface area (Å²) in [4.78, 5) is 12.0. The monoisotopic (exact) mass is 330 g/mol. The Hall–Kier alpha value is -2.29. The molecule has 0 saturated carbocycles. The van der Waals surface area contributed by atoms with Gasteiger partial charge in [-0.05, 0) is 26.7 Å². The lowest BCUT2D eigenvalue weighted by Gasteiger charge is -2.23. The van der Waals surface area contributed by atoms with Gasteiger partial charge in [0.2, 0.25) is 0 Å². The normalized spacial score (nSPS) is 16.1. The number of rotatable bonds is 12. The third-order valence-corrected chi connectivity index (χ3v) is 3.74. The predicted octanol–water partition coefficient (Wildman–Crippen LogP) is 5.79. The zero-order valence-electron chi connectivity index (χ0n) is 14.9. The lowest BCUT2D eigenvalue weighted by molar-refractivity contribution is -0.0115. The average Bonchev–Trinajstić information content (AvgIpc) is 2.55. The van der Waals surface area contributed by atoms with E-state index in [9.17, 15) is 4.79 Å². The Balaban J connectivity index is 4.52. The molecule has 4 atom stereocenters. The van der Waals surface area contributed by atoms with E-state index in [1.807, 2.05) is 38.2 Å². The summed E-state index contributed by atoms with van der Waals surface area (Å²) < 4.78 is 10.7. The van der Waals surface area contributed by atoms with Crippen molar-refractivity contribution < 1.29 is 14.3 Å². The maximum atomic E-state index is 12.0. The van der Waals surface area contributed by atoms with Crippen LogP contribution in [0.4, 0.5) is 4.79 Å². The molecule has 0 bridgehead atoms. The Morgan fingerprint density at radius 3 is 1.50 bits per heavy atom. The van der Waals surface area contributed by atoms with E-state index in [-0.39, 0.29) is 24.0 Å². The van der Waals surface area contributed by atoms with E-state index in [1.165, 1.54) is 0 Å². The van der Waals surface area contributed by atoms with Crippen LogP contribution in [-0.2, 0) is 9.47 Å². The fourth-order valence-electron chi connectivity index (χ4n) is 2.13. The maximum absolute atomic E-state index is 12.0. The lowest BCUT2D eigenvalue weighted by atomic mass is 9.99. The minimum Gasteiger partial charge on any atom is -0.431 e. The highest BCUT2D eigenvalue weighted by Crippen LogP contribution is 2.18. The van der Waals surface area contributed by atoms with Gasteiger partial charge in [0, 0.05) is 11.8 Å². The first-order chi connectivity index (χ1) is 11.5. The zero-order valence-corrected chi connectivity index (χ0v) is 14.9. The third-order valence-electron chi connectivity index (χ3n) is 3.74. The summed E-state index contributed by atoms with van der Waals surface area (Å²) in [6.45, 7) is 18.5. The van der Waals surface area contributed by atoms with Crippen molar-refractivity contribution in [3.05, 3.63) is 74.9 Å². The van der Waals surface area contributed by atoms with Crippen LogP contribution >= 0.6 is 0 Å². The summed E-state index contributed by atoms with van der Waals surface area (Å²) in [5.41, 5.74) is 0. The molecule has 132 valence electrons. The van der Waals surface area contributed by atoms with Crippen LogP contribution in [0.1, 0.15) is 26.7 Å². The molecule has 0 saturated heterocycles. The molecule has 0 fully saturated rings. The van der Waals surface area contributed by atoms with Crippen LogP contribution in [-0.4, -0.2) is 18.4 Å². The van der Waals surface area contributed by atoms with E-state index >= 15 is 0 Å². The first kappa shape index (κ1) is 21.7. The van der Waals surface area contributed by atoms with Gasteiger partial charge in [0.25, 0.3) is 0 Å². The molecule has 0 amide bonds. The van der Waals surface area contributed by atoms with E-state index in [0.29, 0.717) is 0 Å². The van der Waals surface area contributed by atoms with Gasteiger partial charge in [-0.2, -0.15) is 0 Å². The molecule has 3 heteroatoms. The Kier molecular flexibility index (Phi) is 11.9. The Morgan fingerprint density at radius 1 is 0.833 bits per heavy atom. The van der Waals surface area contributed by atoms with Crippen LogP contribution in [0.3, 0.4) is 0 Å². The largest absolute Gasteiger partial charge is 0.508 e. The number of hydrogen-bond acceptors (Lipinski definition) is 3. The molecule has 0 aromatic rings. The summed E-state index contributed by atoms with van der Waals surface area (Å²) >= 11 is 0. The molecule has 0 heterocycles. The smallest absolute Gasteiger partial charge is 0.431 e. The van der Waals surface area contributed by atoms with Crippen LogP contribution in [0.5, 0.6) is 0 Å². The second-order valence-corrected chi connectivity index (χ2v) is 5.49. The average molecular weight is 330 g/mol. The van der Waals surface area contributed by atoms with Crippen molar-refractivity contribution in [2.75, 3.05) is 0 Å². The number of carbonyl (C=O) groups excluding carboxylic acids is 1. The molecule has 0 aliphatic heterocycles. The second kappa shape index (κ2) is 13.2. The fourth-order valence-corrected chi connectivity index (χ4v) is 2.13. The van der Waals surface area contributed by atoms with Gasteiger partial charge in [0.1, 0.15) is 12.2 Å². The van der Waals surface area contributed by atoms with Crippen molar-refractivity contribution in [2.24, 2.45) is 11.8 Å². The number of hydrogen-bond donors (Lipinski definition) is 0. The topological polar surface area (TPSA) is 35.5 Å². The highest BCUT2D eigenvalue weighted by Gasteiger charge is 2.22. The molecule has 0 spiro atoms. The highest BCUT2D eigenvalue weighted by atomic mass is 16.7. The summed E-state index contributed by atoms with van der Waals surface area (Å²) in [5, 5.41) is 0. The van der Waals surface area contributed by atoms with Crippen LogP contribution in [0.2, 0.25) is 0 Å². The lowest BCUT2D eigenvalue weighted by Crippen LogP contribution is -2.28. The zero-order chi connectivity index (χ0) is 18.4. The number of ether oxygens (including phenoxy) is 2. The van der Waals surface area contributed by atoms with Crippen molar-refractivity contribution in [2.45, 2.75) is 38.9 Å². The SMILES string of the molecule is C=C/C=C/CC(C=C)C(C)OC(=O)OC(C)C(C=C)C/C=C/C=C. The van der Waals surface area contributed by atoms with Crippen LogP contribution in [0, 0.1) is 11.8 Å². The van der Waals surface area contributed by atoms with Gasteiger partial charge >= 0.3 is 6.16 Å². The molecule has 0 rings (SSSR count). The van der Waals surface area contributed by atoms with Gasteiger partial charge in [-0.15, -0.1) is 13.2 Å².